The third-order valence-corrected chi connectivity index (χ3v) is 4.24. The van der Waals surface area contributed by atoms with E-state index in [9.17, 15) is 4.39 Å². The summed E-state index contributed by atoms with van der Waals surface area (Å²) in [7, 11) is 0. The molecule has 1 N–H and O–H groups in total. The van der Waals surface area contributed by atoms with E-state index in [0.29, 0.717) is 16.5 Å². The van der Waals surface area contributed by atoms with E-state index in [1.54, 1.807) is 12.1 Å². The lowest BCUT2D eigenvalue weighted by Crippen LogP contribution is -2.00. The maximum atomic E-state index is 13.0. The molecule has 3 nitrogen and oxygen atoms in total. The lowest BCUT2D eigenvalue weighted by atomic mass is 10.1. The van der Waals surface area contributed by atoms with E-state index in [4.69, 9.17) is 10.5 Å². The van der Waals surface area contributed by atoms with Gasteiger partial charge >= 0.3 is 0 Å². The average Bonchev–Trinajstić information content (AvgIpc) is 2.56. The second-order valence-corrected chi connectivity index (χ2v) is 5.76. The van der Waals surface area contributed by atoms with Gasteiger partial charge in [0, 0.05) is 11.4 Å². The van der Waals surface area contributed by atoms with Crippen molar-refractivity contribution in [1.82, 2.24) is 0 Å². The second kappa shape index (κ2) is 8.03. The molecule has 0 heterocycles. The van der Waals surface area contributed by atoms with E-state index < -0.39 is 0 Å². The van der Waals surface area contributed by atoms with Gasteiger partial charge in [0.15, 0.2) is 5.57 Å². The van der Waals surface area contributed by atoms with Crippen molar-refractivity contribution in [3.63, 3.8) is 0 Å². The van der Waals surface area contributed by atoms with Crippen LogP contribution in [0.3, 0.4) is 0 Å². The Morgan fingerprint density at radius 1 is 1.09 bits per heavy atom. The van der Waals surface area contributed by atoms with Gasteiger partial charge in [-0.05, 0) is 42.3 Å². The Bertz CT molecular complexity index is 782. The number of anilines is 1. The molecule has 0 aliphatic carbocycles. The molecule has 0 bridgehead atoms. The number of hydrogen-bond acceptors (Lipinski definition) is 4. The lowest BCUT2D eigenvalue weighted by molar-refractivity contribution is 0.628. The molecule has 0 atom stereocenters. The molecule has 23 heavy (non-hydrogen) atoms. The smallest absolute Gasteiger partial charge is 0.159 e. The summed E-state index contributed by atoms with van der Waals surface area (Å²) < 4.78 is 13.0. The van der Waals surface area contributed by atoms with Gasteiger partial charge in [-0.25, -0.2) is 4.39 Å². The van der Waals surface area contributed by atoms with Crippen molar-refractivity contribution >= 4 is 17.4 Å². The van der Waals surface area contributed by atoms with Gasteiger partial charge < -0.3 is 5.32 Å². The van der Waals surface area contributed by atoms with Crippen LogP contribution in [0, 0.1) is 35.4 Å². The minimum atomic E-state index is -0.338. The standard InChI is InChI=1S/C18H14FN3S/c1-13-4-2-3-5-14(13)12-23-18(15(10-20)11-21)22-17-8-6-16(19)7-9-17/h2-9,22H,12H2,1H3. The largest absolute Gasteiger partial charge is 0.349 e. The van der Waals surface area contributed by atoms with Crippen LogP contribution in [-0.4, -0.2) is 0 Å². The first-order valence-electron chi connectivity index (χ1n) is 6.88. The van der Waals surface area contributed by atoms with Crippen molar-refractivity contribution in [3.05, 3.63) is 76.1 Å². The molecule has 0 aliphatic heterocycles. The quantitative estimate of drug-likeness (QED) is 0.808. The van der Waals surface area contributed by atoms with E-state index in [1.807, 2.05) is 43.3 Å². The molecule has 114 valence electrons. The van der Waals surface area contributed by atoms with Crippen molar-refractivity contribution in [2.45, 2.75) is 12.7 Å². The van der Waals surface area contributed by atoms with Crippen LogP contribution in [0.25, 0.3) is 0 Å². The Balaban J connectivity index is 2.21. The molecule has 0 aliphatic rings. The molecule has 0 saturated carbocycles. The van der Waals surface area contributed by atoms with Crippen LogP contribution in [-0.2, 0) is 5.75 Å². The van der Waals surface area contributed by atoms with E-state index >= 15 is 0 Å². The van der Waals surface area contributed by atoms with Gasteiger partial charge in [-0.2, -0.15) is 10.5 Å². The highest BCUT2D eigenvalue weighted by atomic mass is 32.2. The number of hydrogen-bond donors (Lipinski definition) is 1. The third kappa shape index (κ3) is 4.60. The summed E-state index contributed by atoms with van der Waals surface area (Å²) in [6, 6.07) is 17.5. The number of nitriles is 2. The molecular weight excluding hydrogens is 309 g/mol. The van der Waals surface area contributed by atoms with Crippen LogP contribution >= 0.6 is 11.8 Å². The number of rotatable bonds is 5. The summed E-state index contributed by atoms with van der Waals surface area (Å²) >= 11 is 1.37. The first-order chi connectivity index (χ1) is 11.1. The van der Waals surface area contributed by atoms with Crippen LogP contribution in [0.2, 0.25) is 0 Å². The minimum absolute atomic E-state index is 0.00732. The van der Waals surface area contributed by atoms with Gasteiger partial charge in [0.2, 0.25) is 0 Å². The molecular formula is C18H14FN3S. The van der Waals surface area contributed by atoms with Crippen molar-refractivity contribution in [2.75, 3.05) is 5.32 Å². The van der Waals surface area contributed by atoms with Crippen LogP contribution in [0.5, 0.6) is 0 Å². The molecule has 2 rings (SSSR count). The van der Waals surface area contributed by atoms with E-state index in [2.05, 4.69) is 5.32 Å². The lowest BCUT2D eigenvalue weighted by Gasteiger charge is -2.12. The fraction of sp³-hybridized carbons (Fsp3) is 0.111. The zero-order chi connectivity index (χ0) is 16.7. The molecule has 5 heteroatoms. The van der Waals surface area contributed by atoms with Crippen LogP contribution in [0.1, 0.15) is 11.1 Å². The summed E-state index contributed by atoms with van der Waals surface area (Å²) in [5.41, 5.74) is 2.91. The number of nitrogens with zero attached hydrogens (tertiary/aromatic N) is 2. The molecule has 0 spiro atoms. The summed E-state index contributed by atoms with van der Waals surface area (Å²) in [6.07, 6.45) is 0. The monoisotopic (exact) mass is 323 g/mol. The molecule has 2 aromatic rings. The number of halogens is 1. The van der Waals surface area contributed by atoms with Gasteiger partial charge in [0.25, 0.3) is 0 Å². The van der Waals surface area contributed by atoms with Crippen LogP contribution < -0.4 is 5.32 Å². The molecule has 0 aromatic heterocycles. The normalized spacial score (nSPS) is 9.57. The Morgan fingerprint density at radius 3 is 2.35 bits per heavy atom. The van der Waals surface area contributed by atoms with Crippen molar-refractivity contribution in [2.24, 2.45) is 0 Å². The highest BCUT2D eigenvalue weighted by molar-refractivity contribution is 8.02. The Labute approximate surface area is 139 Å². The highest BCUT2D eigenvalue weighted by Gasteiger charge is 2.09. The summed E-state index contributed by atoms with van der Waals surface area (Å²) in [5, 5.41) is 21.7. The number of allylic oxidation sites excluding steroid dienone is 1. The number of benzene rings is 2. The average molecular weight is 323 g/mol. The van der Waals surface area contributed by atoms with Crippen LogP contribution in [0.15, 0.2) is 59.1 Å². The highest BCUT2D eigenvalue weighted by Crippen LogP contribution is 2.27. The predicted octanol–water partition coefficient (Wildman–Crippen LogP) is 4.74. The van der Waals surface area contributed by atoms with Crippen molar-refractivity contribution in [3.8, 4) is 12.1 Å². The SMILES string of the molecule is Cc1ccccc1CSC(Nc1ccc(F)cc1)=C(C#N)C#N. The fourth-order valence-electron chi connectivity index (χ4n) is 1.88. The number of nitrogens with one attached hydrogen (secondary N) is 1. The Hall–Kier alpha value is -2.76. The van der Waals surface area contributed by atoms with Gasteiger partial charge in [-0.1, -0.05) is 24.3 Å². The van der Waals surface area contributed by atoms with E-state index in [1.165, 1.54) is 23.9 Å². The molecule has 2 aromatic carbocycles. The molecule has 0 amide bonds. The maximum absolute atomic E-state index is 13.0. The zero-order valence-corrected chi connectivity index (χ0v) is 13.3. The van der Waals surface area contributed by atoms with Crippen LogP contribution in [0.4, 0.5) is 10.1 Å². The molecule has 0 fully saturated rings. The van der Waals surface area contributed by atoms with E-state index in [0.717, 1.165) is 11.1 Å². The van der Waals surface area contributed by atoms with Crippen molar-refractivity contribution < 1.29 is 4.39 Å². The second-order valence-electron chi connectivity index (χ2n) is 4.77. The Kier molecular flexibility index (Phi) is 5.80. The Morgan fingerprint density at radius 2 is 1.74 bits per heavy atom. The van der Waals surface area contributed by atoms with Gasteiger partial charge in [0.05, 0.1) is 0 Å². The topological polar surface area (TPSA) is 59.6 Å². The molecule has 0 unspecified atom stereocenters. The summed E-state index contributed by atoms with van der Waals surface area (Å²) in [5.74, 6) is 0.290. The van der Waals surface area contributed by atoms with Gasteiger partial charge in [0.1, 0.15) is 23.0 Å². The van der Waals surface area contributed by atoms with Gasteiger partial charge in [-0.15, -0.1) is 11.8 Å². The molecule has 0 saturated heterocycles. The molecule has 0 radical (unpaired) electrons. The summed E-state index contributed by atoms with van der Waals surface area (Å²) in [6.45, 7) is 2.02. The first kappa shape index (κ1) is 16.6. The van der Waals surface area contributed by atoms with Gasteiger partial charge in [-0.3, -0.25) is 0 Å². The predicted molar refractivity (Wildman–Crippen MR) is 90.7 cm³/mol. The maximum Gasteiger partial charge on any atom is 0.159 e. The zero-order valence-electron chi connectivity index (χ0n) is 12.5. The third-order valence-electron chi connectivity index (χ3n) is 3.19. The van der Waals surface area contributed by atoms with Crippen molar-refractivity contribution in [1.29, 1.82) is 10.5 Å². The summed E-state index contributed by atoms with van der Waals surface area (Å²) in [4.78, 5) is 0. The number of thioether (sulfide) groups is 1. The van der Waals surface area contributed by atoms with E-state index in [-0.39, 0.29) is 11.4 Å². The first-order valence-corrected chi connectivity index (χ1v) is 7.87. The fourth-order valence-corrected chi connectivity index (χ4v) is 2.93. The number of aryl methyl sites for hydroxylation is 1. The minimum Gasteiger partial charge on any atom is -0.349 e.